The first-order valence-corrected chi connectivity index (χ1v) is 22.1. The van der Waals surface area contributed by atoms with Crippen LogP contribution in [0.1, 0.15) is 0 Å². The minimum Gasteiger partial charge on any atom is -0.264 e. The number of pyridine rings is 3. The molecule has 0 saturated heterocycles. The zero-order valence-corrected chi connectivity index (χ0v) is 35.8. The van der Waals surface area contributed by atoms with Crippen molar-refractivity contribution in [3.63, 3.8) is 0 Å². The number of aromatic nitrogens is 5. The molecule has 12 rings (SSSR count). The monoisotopic (exact) mass is 841 g/mol. The Morgan fingerprint density at radius 2 is 0.803 bits per heavy atom. The van der Waals surface area contributed by atoms with E-state index in [9.17, 15) is 0 Å². The molecular formula is C61H39N5. The van der Waals surface area contributed by atoms with Gasteiger partial charge in [-0.05, 0) is 69.1 Å². The highest BCUT2D eigenvalue weighted by atomic mass is 14.9. The summed E-state index contributed by atoms with van der Waals surface area (Å²) < 4.78 is 0. The molecule has 0 atom stereocenters. The van der Waals surface area contributed by atoms with Crippen molar-refractivity contribution >= 4 is 32.6 Å². The molecule has 0 N–H and O–H groups in total. The van der Waals surface area contributed by atoms with Gasteiger partial charge in [-0.1, -0.05) is 194 Å². The van der Waals surface area contributed by atoms with Crippen LogP contribution in [0.15, 0.2) is 237 Å². The van der Waals surface area contributed by atoms with Crippen LogP contribution in [0.2, 0.25) is 0 Å². The summed E-state index contributed by atoms with van der Waals surface area (Å²) in [5, 5.41) is 4.41. The maximum Gasteiger partial charge on any atom is 0.160 e. The Kier molecular flexibility index (Phi) is 9.77. The molecule has 0 amide bonds. The van der Waals surface area contributed by atoms with Crippen molar-refractivity contribution in [1.82, 2.24) is 24.9 Å². The number of fused-ring (bicyclic) bond motifs is 4. The first-order valence-electron chi connectivity index (χ1n) is 22.1. The van der Waals surface area contributed by atoms with Gasteiger partial charge in [-0.2, -0.15) is 0 Å². The van der Waals surface area contributed by atoms with Crippen LogP contribution in [-0.4, -0.2) is 24.9 Å². The van der Waals surface area contributed by atoms with Gasteiger partial charge in [0, 0.05) is 56.4 Å². The Balaban J connectivity index is 0.873. The lowest BCUT2D eigenvalue weighted by Gasteiger charge is -2.13. The fraction of sp³-hybridized carbons (Fsp3) is 0. The molecule has 8 aromatic carbocycles. The van der Waals surface area contributed by atoms with Crippen LogP contribution in [0.5, 0.6) is 0 Å². The summed E-state index contributed by atoms with van der Waals surface area (Å²) in [6.07, 6.45) is 3.78. The Morgan fingerprint density at radius 3 is 1.52 bits per heavy atom. The number of hydrogen-bond acceptors (Lipinski definition) is 5. The van der Waals surface area contributed by atoms with E-state index in [4.69, 9.17) is 19.9 Å². The van der Waals surface area contributed by atoms with Gasteiger partial charge in [-0.25, -0.2) is 19.9 Å². The van der Waals surface area contributed by atoms with Crippen molar-refractivity contribution in [3.05, 3.63) is 237 Å². The fourth-order valence-corrected chi connectivity index (χ4v) is 8.98. The largest absolute Gasteiger partial charge is 0.264 e. The predicted octanol–water partition coefficient (Wildman–Crippen LogP) is 15.5. The molecule has 0 aliphatic rings. The Hall–Kier alpha value is -8.93. The van der Waals surface area contributed by atoms with E-state index in [2.05, 4.69) is 205 Å². The number of benzene rings is 8. The Bertz CT molecular complexity index is 3720. The van der Waals surface area contributed by atoms with Gasteiger partial charge < -0.3 is 0 Å². The molecule has 0 spiro atoms. The summed E-state index contributed by atoms with van der Waals surface area (Å²) >= 11 is 0. The van der Waals surface area contributed by atoms with Crippen LogP contribution in [0, 0.1) is 0 Å². The van der Waals surface area contributed by atoms with E-state index in [1.807, 2.05) is 36.7 Å². The van der Waals surface area contributed by atoms with E-state index in [0.29, 0.717) is 5.82 Å². The maximum absolute atomic E-state index is 5.30. The van der Waals surface area contributed by atoms with Gasteiger partial charge in [0.15, 0.2) is 5.82 Å². The van der Waals surface area contributed by atoms with E-state index in [0.717, 1.165) is 117 Å². The standard InChI is InChI=1S/C61H39N5/c1-4-12-42(13-5-1)53-37-56(44-14-6-2-7-15-44)64-60-52(53)32-30-47-31-33-55(63-59(47)60)46-26-22-40(23-27-46)41-24-28-48(29-25-41)61-65-57(45-16-8-3-9-17-45)38-58(66-61)50-20-10-19-49(36-50)51-21-11-18-43-34-35-62-39-54(43)51/h1-39H. The van der Waals surface area contributed by atoms with Crippen molar-refractivity contribution in [3.8, 4) is 89.8 Å². The molecule has 0 fully saturated rings. The van der Waals surface area contributed by atoms with E-state index >= 15 is 0 Å². The fourth-order valence-electron chi connectivity index (χ4n) is 8.98. The lowest BCUT2D eigenvalue weighted by molar-refractivity contribution is 1.18. The molecule has 0 bridgehead atoms. The topological polar surface area (TPSA) is 64.5 Å². The first-order chi connectivity index (χ1) is 32.7. The van der Waals surface area contributed by atoms with Crippen molar-refractivity contribution in [2.45, 2.75) is 0 Å². The van der Waals surface area contributed by atoms with Gasteiger partial charge in [0.05, 0.1) is 33.8 Å². The van der Waals surface area contributed by atoms with Gasteiger partial charge in [0.2, 0.25) is 0 Å². The second kappa shape index (κ2) is 16.6. The van der Waals surface area contributed by atoms with Crippen LogP contribution in [0.3, 0.4) is 0 Å². The van der Waals surface area contributed by atoms with Crippen molar-refractivity contribution < 1.29 is 0 Å². The third-order valence-corrected chi connectivity index (χ3v) is 12.4. The quantitative estimate of drug-likeness (QED) is 0.143. The molecule has 0 unspecified atom stereocenters. The van der Waals surface area contributed by atoms with E-state index in [1.54, 1.807) is 0 Å². The predicted molar refractivity (Wildman–Crippen MR) is 271 cm³/mol. The van der Waals surface area contributed by atoms with Gasteiger partial charge in [0.25, 0.3) is 0 Å². The van der Waals surface area contributed by atoms with Crippen molar-refractivity contribution in [2.75, 3.05) is 0 Å². The zero-order valence-electron chi connectivity index (χ0n) is 35.8. The van der Waals surface area contributed by atoms with Crippen LogP contribution in [0.4, 0.5) is 0 Å². The molecule has 0 saturated carbocycles. The summed E-state index contributed by atoms with van der Waals surface area (Å²) in [5.41, 5.74) is 17.2. The second-order valence-electron chi connectivity index (χ2n) is 16.5. The summed E-state index contributed by atoms with van der Waals surface area (Å²) in [5.74, 6) is 0.671. The smallest absolute Gasteiger partial charge is 0.160 e. The molecule has 0 aliphatic carbocycles. The molecule has 66 heavy (non-hydrogen) atoms. The minimum absolute atomic E-state index is 0.671. The van der Waals surface area contributed by atoms with Crippen molar-refractivity contribution in [1.29, 1.82) is 0 Å². The van der Waals surface area contributed by atoms with Gasteiger partial charge in [0.1, 0.15) is 0 Å². The highest BCUT2D eigenvalue weighted by Crippen LogP contribution is 2.37. The van der Waals surface area contributed by atoms with E-state index in [1.165, 1.54) is 0 Å². The molecule has 0 radical (unpaired) electrons. The number of nitrogens with zero attached hydrogens (tertiary/aromatic N) is 5. The SMILES string of the molecule is c1ccc(-c2cc(-c3cccc(-c4cccc5ccncc45)c3)nc(-c3ccc(-c4ccc(-c5ccc6ccc7c(-c8ccccc8)cc(-c8ccccc8)nc7c6n5)cc4)cc3)n2)cc1. The highest BCUT2D eigenvalue weighted by Gasteiger charge is 2.16. The summed E-state index contributed by atoms with van der Waals surface area (Å²) in [7, 11) is 0. The number of hydrogen-bond donors (Lipinski definition) is 0. The third-order valence-electron chi connectivity index (χ3n) is 12.4. The van der Waals surface area contributed by atoms with Gasteiger partial charge >= 0.3 is 0 Å². The summed E-state index contributed by atoms with van der Waals surface area (Å²) in [4.78, 5) is 25.3. The molecule has 5 heteroatoms. The lowest BCUT2D eigenvalue weighted by atomic mass is 9.96. The zero-order chi connectivity index (χ0) is 43.8. The average molecular weight is 842 g/mol. The molecule has 308 valence electrons. The Morgan fingerprint density at radius 1 is 0.258 bits per heavy atom. The van der Waals surface area contributed by atoms with E-state index in [-0.39, 0.29) is 0 Å². The van der Waals surface area contributed by atoms with Gasteiger partial charge in [-0.3, -0.25) is 4.98 Å². The molecule has 5 nitrogen and oxygen atoms in total. The number of rotatable bonds is 8. The molecule has 12 aromatic rings. The molecular weight excluding hydrogens is 803 g/mol. The van der Waals surface area contributed by atoms with Crippen LogP contribution >= 0.6 is 0 Å². The third kappa shape index (κ3) is 7.34. The van der Waals surface area contributed by atoms with Crippen molar-refractivity contribution in [2.24, 2.45) is 0 Å². The molecule has 0 aliphatic heterocycles. The van der Waals surface area contributed by atoms with Crippen LogP contribution in [0.25, 0.3) is 122 Å². The van der Waals surface area contributed by atoms with Gasteiger partial charge in [-0.15, -0.1) is 0 Å². The molecule has 4 heterocycles. The molecule has 4 aromatic heterocycles. The Labute approximate surface area is 382 Å². The van der Waals surface area contributed by atoms with Crippen LogP contribution in [-0.2, 0) is 0 Å². The summed E-state index contributed by atoms with van der Waals surface area (Å²) in [6.45, 7) is 0. The summed E-state index contributed by atoms with van der Waals surface area (Å²) in [6, 6.07) is 78.3. The highest BCUT2D eigenvalue weighted by molar-refractivity contribution is 6.09. The first kappa shape index (κ1) is 38.7. The second-order valence-corrected chi connectivity index (χ2v) is 16.5. The maximum atomic E-state index is 5.30. The normalized spacial score (nSPS) is 11.3. The average Bonchev–Trinajstić information content (AvgIpc) is 3.41. The van der Waals surface area contributed by atoms with Crippen LogP contribution < -0.4 is 0 Å². The lowest BCUT2D eigenvalue weighted by Crippen LogP contribution is -1.96. The van der Waals surface area contributed by atoms with E-state index < -0.39 is 0 Å². The minimum atomic E-state index is 0.671.